The number of rotatable bonds is 3. The van der Waals surface area contributed by atoms with Crippen LogP contribution in [0.4, 0.5) is 0 Å². The molecule has 0 radical (unpaired) electrons. The van der Waals surface area contributed by atoms with Crippen molar-refractivity contribution >= 4 is 17.7 Å². The van der Waals surface area contributed by atoms with Crippen LogP contribution in [0.1, 0.15) is 65.7 Å². The molecule has 0 aromatic heterocycles. The molecule has 1 atom stereocenters. The Morgan fingerprint density at radius 1 is 1.30 bits per heavy atom. The first-order valence-corrected chi connectivity index (χ1v) is 9.06. The number of carbonyl (C=O) groups excluding carboxylic acids is 1. The van der Waals surface area contributed by atoms with Gasteiger partial charge in [-0.1, -0.05) is 40.0 Å². The van der Waals surface area contributed by atoms with E-state index in [0.29, 0.717) is 17.3 Å². The van der Waals surface area contributed by atoms with E-state index in [-0.39, 0.29) is 10.7 Å². The van der Waals surface area contributed by atoms with Crippen molar-refractivity contribution in [3.63, 3.8) is 0 Å². The van der Waals surface area contributed by atoms with Gasteiger partial charge in [0.2, 0.25) is 5.91 Å². The highest BCUT2D eigenvalue weighted by molar-refractivity contribution is 8.01. The summed E-state index contributed by atoms with van der Waals surface area (Å²) in [4.78, 5) is 12.1. The van der Waals surface area contributed by atoms with Gasteiger partial charge in [0.05, 0.1) is 5.75 Å². The number of nitrogens with one attached hydrogen (secondary N) is 2. The van der Waals surface area contributed by atoms with Gasteiger partial charge in [0, 0.05) is 16.3 Å². The maximum Gasteiger partial charge on any atom is 0.230 e. The zero-order valence-electron chi connectivity index (χ0n) is 13.3. The lowest BCUT2D eigenvalue weighted by Gasteiger charge is -2.44. The van der Waals surface area contributed by atoms with Crippen LogP contribution in [0.15, 0.2) is 0 Å². The number of thioether (sulfide) groups is 1. The standard InChI is InChI=1S/C16H30N2OS/c1-15(2,3)20-12-14(19)18-13-7-10-17-16(11-13)8-5-4-6-9-16/h13,17H,4-12H2,1-3H3,(H,18,19). The molecule has 1 spiro atoms. The first kappa shape index (κ1) is 16.2. The lowest BCUT2D eigenvalue weighted by atomic mass is 9.75. The van der Waals surface area contributed by atoms with Gasteiger partial charge in [-0.3, -0.25) is 4.79 Å². The predicted molar refractivity (Wildman–Crippen MR) is 87.2 cm³/mol. The van der Waals surface area contributed by atoms with E-state index < -0.39 is 0 Å². The summed E-state index contributed by atoms with van der Waals surface area (Å²) in [6.07, 6.45) is 8.84. The van der Waals surface area contributed by atoms with Crippen molar-refractivity contribution in [1.82, 2.24) is 10.6 Å². The van der Waals surface area contributed by atoms with E-state index >= 15 is 0 Å². The normalized spacial score (nSPS) is 26.4. The summed E-state index contributed by atoms with van der Waals surface area (Å²) in [6, 6.07) is 0.377. The van der Waals surface area contributed by atoms with Crippen molar-refractivity contribution in [1.29, 1.82) is 0 Å². The van der Waals surface area contributed by atoms with Gasteiger partial charge in [-0.05, 0) is 32.2 Å². The Bertz CT molecular complexity index is 326. The lowest BCUT2D eigenvalue weighted by Crippen LogP contribution is -2.57. The van der Waals surface area contributed by atoms with E-state index in [2.05, 4.69) is 31.4 Å². The van der Waals surface area contributed by atoms with Gasteiger partial charge in [0.25, 0.3) is 0 Å². The lowest BCUT2D eigenvalue weighted by molar-refractivity contribution is -0.119. The second-order valence-corrected chi connectivity index (χ2v) is 9.23. The second-order valence-electron chi connectivity index (χ2n) is 7.43. The molecule has 2 aliphatic rings. The van der Waals surface area contributed by atoms with Crippen LogP contribution < -0.4 is 10.6 Å². The maximum atomic E-state index is 12.1. The van der Waals surface area contributed by atoms with Crippen LogP contribution >= 0.6 is 11.8 Å². The van der Waals surface area contributed by atoms with Crippen molar-refractivity contribution in [2.24, 2.45) is 0 Å². The molecule has 3 nitrogen and oxygen atoms in total. The first-order valence-electron chi connectivity index (χ1n) is 8.07. The van der Waals surface area contributed by atoms with Crippen LogP contribution in [0.3, 0.4) is 0 Å². The summed E-state index contributed by atoms with van der Waals surface area (Å²) in [5.41, 5.74) is 0.325. The molecule has 20 heavy (non-hydrogen) atoms. The van der Waals surface area contributed by atoms with Crippen LogP contribution in [-0.4, -0.2) is 34.5 Å². The second kappa shape index (κ2) is 6.69. The van der Waals surface area contributed by atoms with Gasteiger partial charge < -0.3 is 10.6 Å². The Balaban J connectivity index is 1.79. The van der Waals surface area contributed by atoms with Crippen LogP contribution in [0.5, 0.6) is 0 Å². The SMILES string of the molecule is CC(C)(C)SCC(=O)NC1CCNC2(CCCCC2)C1. The van der Waals surface area contributed by atoms with Gasteiger partial charge in [0.15, 0.2) is 0 Å². The average molecular weight is 298 g/mol. The molecule has 116 valence electrons. The van der Waals surface area contributed by atoms with Crippen molar-refractivity contribution in [2.45, 2.75) is 82.0 Å². The summed E-state index contributed by atoms with van der Waals surface area (Å²) >= 11 is 1.73. The quantitative estimate of drug-likeness (QED) is 0.841. The third kappa shape index (κ3) is 4.96. The molecule has 1 unspecified atom stereocenters. The Kier molecular flexibility index (Phi) is 5.41. The largest absolute Gasteiger partial charge is 0.353 e. The van der Waals surface area contributed by atoms with Crippen molar-refractivity contribution in [2.75, 3.05) is 12.3 Å². The van der Waals surface area contributed by atoms with Crippen molar-refractivity contribution in [3.05, 3.63) is 0 Å². The minimum Gasteiger partial charge on any atom is -0.353 e. The molecule has 1 amide bonds. The zero-order chi connectivity index (χ0) is 14.6. The van der Waals surface area contributed by atoms with Crippen LogP contribution in [0.2, 0.25) is 0 Å². The molecule has 1 saturated heterocycles. The average Bonchev–Trinajstić information content (AvgIpc) is 2.37. The van der Waals surface area contributed by atoms with E-state index in [0.717, 1.165) is 19.4 Å². The van der Waals surface area contributed by atoms with Gasteiger partial charge in [-0.2, -0.15) is 0 Å². The van der Waals surface area contributed by atoms with E-state index in [4.69, 9.17) is 0 Å². The van der Waals surface area contributed by atoms with Gasteiger partial charge in [0.1, 0.15) is 0 Å². The summed E-state index contributed by atoms with van der Waals surface area (Å²) in [6.45, 7) is 7.53. The van der Waals surface area contributed by atoms with Crippen molar-refractivity contribution < 1.29 is 4.79 Å². The van der Waals surface area contributed by atoms with Crippen molar-refractivity contribution in [3.8, 4) is 0 Å². The third-order valence-electron chi connectivity index (χ3n) is 4.44. The fourth-order valence-electron chi connectivity index (χ4n) is 3.44. The Hall–Kier alpha value is -0.220. The smallest absolute Gasteiger partial charge is 0.230 e. The van der Waals surface area contributed by atoms with Crippen LogP contribution in [0.25, 0.3) is 0 Å². The predicted octanol–water partition coefficient (Wildman–Crippen LogP) is 3.09. The molecular weight excluding hydrogens is 268 g/mol. The molecule has 2 fully saturated rings. The molecule has 4 heteroatoms. The minimum atomic E-state index is 0.163. The molecule has 1 aliphatic heterocycles. The fourth-order valence-corrected chi connectivity index (χ4v) is 4.09. The van der Waals surface area contributed by atoms with Gasteiger partial charge in [-0.25, -0.2) is 0 Å². The highest BCUT2D eigenvalue weighted by Crippen LogP contribution is 2.34. The Morgan fingerprint density at radius 2 is 2.00 bits per heavy atom. The van der Waals surface area contributed by atoms with E-state index in [9.17, 15) is 4.79 Å². The molecule has 1 heterocycles. The molecule has 1 saturated carbocycles. The van der Waals surface area contributed by atoms with Crippen LogP contribution in [0, 0.1) is 0 Å². The molecule has 2 rings (SSSR count). The number of hydrogen-bond acceptors (Lipinski definition) is 3. The molecule has 0 aromatic rings. The van der Waals surface area contributed by atoms with E-state index in [1.54, 1.807) is 11.8 Å². The monoisotopic (exact) mass is 298 g/mol. The molecular formula is C16H30N2OS. The molecule has 2 N–H and O–H groups in total. The molecule has 1 aliphatic carbocycles. The number of carbonyl (C=O) groups is 1. The van der Waals surface area contributed by atoms with Gasteiger partial charge in [-0.15, -0.1) is 11.8 Å². The number of piperidine rings is 1. The minimum absolute atomic E-state index is 0.163. The summed E-state index contributed by atoms with van der Waals surface area (Å²) in [5.74, 6) is 0.795. The van der Waals surface area contributed by atoms with E-state index in [1.807, 2.05) is 0 Å². The fraction of sp³-hybridized carbons (Fsp3) is 0.938. The third-order valence-corrected chi connectivity index (χ3v) is 5.71. The molecule has 0 aromatic carbocycles. The summed E-state index contributed by atoms with van der Waals surface area (Å²) in [7, 11) is 0. The highest BCUT2D eigenvalue weighted by Gasteiger charge is 2.37. The highest BCUT2D eigenvalue weighted by atomic mass is 32.2. The van der Waals surface area contributed by atoms with E-state index in [1.165, 1.54) is 32.1 Å². The van der Waals surface area contributed by atoms with Gasteiger partial charge >= 0.3 is 0 Å². The Morgan fingerprint density at radius 3 is 2.65 bits per heavy atom. The molecule has 0 bridgehead atoms. The topological polar surface area (TPSA) is 41.1 Å². The summed E-state index contributed by atoms with van der Waals surface area (Å²) in [5, 5.41) is 7.00. The number of amides is 1. The number of hydrogen-bond donors (Lipinski definition) is 2. The Labute approximate surface area is 128 Å². The summed E-state index contributed by atoms with van der Waals surface area (Å²) < 4.78 is 0.163. The zero-order valence-corrected chi connectivity index (χ0v) is 14.1. The maximum absolute atomic E-state index is 12.1. The first-order chi connectivity index (χ1) is 9.39. The van der Waals surface area contributed by atoms with Crippen LogP contribution in [-0.2, 0) is 4.79 Å².